The van der Waals surface area contributed by atoms with E-state index in [1.54, 1.807) is 12.1 Å². The SMILES string of the molecule is CC(=O)C(Cc1ccccc1)NC(=O)COC(=O)CCC(=O)c1ccc(Cl)s1. The number of ketones is 2. The summed E-state index contributed by atoms with van der Waals surface area (Å²) >= 11 is 6.92. The predicted octanol–water partition coefficient (Wildman–Crippen LogP) is 3.22. The van der Waals surface area contributed by atoms with E-state index in [1.807, 2.05) is 30.3 Å². The minimum Gasteiger partial charge on any atom is -0.456 e. The van der Waals surface area contributed by atoms with Crippen molar-refractivity contribution in [2.75, 3.05) is 6.61 Å². The Kier molecular flexibility index (Phi) is 8.35. The largest absolute Gasteiger partial charge is 0.456 e. The van der Waals surface area contributed by atoms with Crippen LogP contribution in [0.5, 0.6) is 0 Å². The molecule has 0 aliphatic heterocycles. The Balaban J connectivity index is 1.74. The van der Waals surface area contributed by atoms with E-state index in [1.165, 1.54) is 6.92 Å². The highest BCUT2D eigenvalue weighted by Gasteiger charge is 2.19. The summed E-state index contributed by atoms with van der Waals surface area (Å²) in [4.78, 5) is 47.9. The second-order valence-electron chi connectivity index (χ2n) is 6.11. The topological polar surface area (TPSA) is 89.5 Å². The number of thiophene rings is 1. The van der Waals surface area contributed by atoms with Crippen LogP contribution in [0.15, 0.2) is 42.5 Å². The molecule has 1 aromatic heterocycles. The molecule has 0 aliphatic carbocycles. The maximum atomic E-state index is 12.0. The third-order valence-corrected chi connectivity index (χ3v) is 5.15. The molecule has 8 heteroatoms. The number of hydrogen-bond donors (Lipinski definition) is 1. The van der Waals surface area contributed by atoms with Crippen LogP contribution in [0.1, 0.15) is 35.0 Å². The molecule has 148 valence electrons. The lowest BCUT2D eigenvalue weighted by molar-refractivity contribution is -0.148. The van der Waals surface area contributed by atoms with Crippen LogP contribution >= 0.6 is 22.9 Å². The van der Waals surface area contributed by atoms with E-state index in [0.29, 0.717) is 15.6 Å². The number of ether oxygens (including phenoxy) is 1. The van der Waals surface area contributed by atoms with E-state index in [4.69, 9.17) is 16.3 Å². The minimum atomic E-state index is -0.696. The van der Waals surface area contributed by atoms with Gasteiger partial charge in [0.25, 0.3) is 5.91 Å². The van der Waals surface area contributed by atoms with E-state index in [0.717, 1.165) is 16.9 Å². The van der Waals surface area contributed by atoms with Gasteiger partial charge < -0.3 is 10.1 Å². The van der Waals surface area contributed by atoms with E-state index < -0.39 is 24.5 Å². The number of benzene rings is 1. The first-order chi connectivity index (χ1) is 13.3. The number of carbonyl (C=O) groups excluding carboxylic acids is 4. The number of nitrogens with one attached hydrogen (secondary N) is 1. The molecule has 1 atom stereocenters. The molecule has 0 bridgehead atoms. The lowest BCUT2D eigenvalue weighted by atomic mass is 10.0. The van der Waals surface area contributed by atoms with Crippen LogP contribution in [0, 0.1) is 0 Å². The maximum Gasteiger partial charge on any atom is 0.306 e. The summed E-state index contributed by atoms with van der Waals surface area (Å²) in [5.74, 6) is -1.63. The van der Waals surface area contributed by atoms with Crippen molar-refractivity contribution in [3.63, 3.8) is 0 Å². The van der Waals surface area contributed by atoms with Crippen LogP contribution < -0.4 is 5.32 Å². The molecule has 1 aromatic carbocycles. The van der Waals surface area contributed by atoms with Crippen LogP contribution in [0.4, 0.5) is 0 Å². The van der Waals surface area contributed by atoms with Crippen molar-refractivity contribution in [3.8, 4) is 0 Å². The van der Waals surface area contributed by atoms with Gasteiger partial charge in [0.2, 0.25) is 0 Å². The number of hydrogen-bond acceptors (Lipinski definition) is 6. The van der Waals surface area contributed by atoms with E-state index in [-0.39, 0.29) is 24.4 Å². The van der Waals surface area contributed by atoms with Crippen LogP contribution in [-0.2, 0) is 25.5 Å². The van der Waals surface area contributed by atoms with Crippen molar-refractivity contribution >= 4 is 46.4 Å². The second-order valence-corrected chi connectivity index (χ2v) is 7.82. The van der Waals surface area contributed by atoms with Gasteiger partial charge in [-0.25, -0.2) is 0 Å². The molecule has 0 saturated heterocycles. The van der Waals surface area contributed by atoms with Gasteiger partial charge in [-0.05, 0) is 31.0 Å². The molecule has 0 aliphatic rings. The molecule has 2 aromatic rings. The number of carbonyl (C=O) groups is 4. The Morgan fingerprint density at radius 2 is 1.79 bits per heavy atom. The van der Waals surface area contributed by atoms with Crippen molar-refractivity contribution in [2.45, 2.75) is 32.2 Å². The fraction of sp³-hybridized carbons (Fsp3) is 0.300. The lowest BCUT2D eigenvalue weighted by Crippen LogP contribution is -2.43. The maximum absolute atomic E-state index is 12.0. The van der Waals surface area contributed by atoms with Crippen LogP contribution in [0.2, 0.25) is 4.34 Å². The molecule has 0 radical (unpaired) electrons. The first-order valence-corrected chi connectivity index (χ1v) is 9.82. The summed E-state index contributed by atoms with van der Waals surface area (Å²) in [6.45, 7) is 0.888. The molecule has 28 heavy (non-hydrogen) atoms. The third kappa shape index (κ3) is 7.25. The fourth-order valence-electron chi connectivity index (χ4n) is 2.40. The summed E-state index contributed by atoms with van der Waals surface area (Å²) in [5, 5.41) is 2.57. The summed E-state index contributed by atoms with van der Waals surface area (Å²) in [6.07, 6.45) is 0.191. The van der Waals surface area contributed by atoms with Gasteiger partial charge in [0.15, 0.2) is 18.2 Å². The summed E-state index contributed by atoms with van der Waals surface area (Å²) in [6, 6.07) is 11.8. The highest BCUT2D eigenvalue weighted by atomic mass is 35.5. The standard InChI is InChI=1S/C20H20ClNO5S/c1-13(23)15(11-14-5-3-2-4-6-14)22-19(25)12-27-20(26)10-7-16(24)17-8-9-18(21)28-17/h2-6,8-9,15H,7,10-12H2,1H3,(H,22,25). The van der Waals surface area contributed by atoms with Gasteiger partial charge in [-0.15, -0.1) is 11.3 Å². The first-order valence-electron chi connectivity index (χ1n) is 8.63. The highest BCUT2D eigenvalue weighted by Crippen LogP contribution is 2.22. The van der Waals surface area contributed by atoms with Gasteiger partial charge in [0.05, 0.1) is 21.7 Å². The zero-order chi connectivity index (χ0) is 20.5. The van der Waals surface area contributed by atoms with Crippen molar-refractivity contribution in [3.05, 3.63) is 57.2 Å². The normalized spacial score (nSPS) is 11.5. The zero-order valence-corrected chi connectivity index (χ0v) is 16.8. The Bertz CT molecular complexity index is 849. The average Bonchev–Trinajstić information content (AvgIpc) is 3.11. The van der Waals surface area contributed by atoms with E-state index in [2.05, 4.69) is 5.32 Å². The molecule has 0 fully saturated rings. The molecule has 1 amide bonds. The lowest BCUT2D eigenvalue weighted by Gasteiger charge is -2.16. The minimum absolute atomic E-state index is 0.0264. The fourth-order valence-corrected chi connectivity index (χ4v) is 3.41. The third-order valence-electron chi connectivity index (χ3n) is 3.88. The van der Waals surface area contributed by atoms with E-state index in [9.17, 15) is 19.2 Å². The quantitative estimate of drug-likeness (QED) is 0.470. The van der Waals surface area contributed by atoms with Crippen LogP contribution in [0.3, 0.4) is 0 Å². The number of Topliss-reactive ketones (excluding diaryl/α,β-unsaturated/α-hetero) is 2. The first kappa shape index (κ1) is 21.8. The zero-order valence-electron chi connectivity index (χ0n) is 15.3. The van der Waals surface area contributed by atoms with Crippen LogP contribution in [0.25, 0.3) is 0 Å². The Labute approximate surface area is 171 Å². The molecule has 0 spiro atoms. The Morgan fingerprint density at radius 3 is 2.39 bits per heavy atom. The number of esters is 1. The summed E-state index contributed by atoms with van der Waals surface area (Å²) in [7, 11) is 0. The van der Waals surface area contributed by atoms with Crippen molar-refractivity contribution in [1.82, 2.24) is 5.32 Å². The number of rotatable bonds is 10. The van der Waals surface area contributed by atoms with E-state index >= 15 is 0 Å². The predicted molar refractivity (Wildman–Crippen MR) is 107 cm³/mol. The van der Waals surface area contributed by atoms with Gasteiger partial charge in [0.1, 0.15) is 0 Å². The van der Waals surface area contributed by atoms with Crippen molar-refractivity contribution in [1.29, 1.82) is 0 Å². The molecule has 1 N–H and O–H groups in total. The molecule has 1 unspecified atom stereocenters. The Morgan fingerprint density at radius 1 is 1.07 bits per heavy atom. The van der Waals surface area contributed by atoms with Gasteiger partial charge in [-0.3, -0.25) is 19.2 Å². The smallest absolute Gasteiger partial charge is 0.306 e. The monoisotopic (exact) mass is 421 g/mol. The van der Waals surface area contributed by atoms with Gasteiger partial charge >= 0.3 is 5.97 Å². The Hall–Kier alpha value is -2.51. The van der Waals surface area contributed by atoms with Gasteiger partial charge in [-0.1, -0.05) is 41.9 Å². The highest BCUT2D eigenvalue weighted by molar-refractivity contribution is 7.18. The molecule has 1 heterocycles. The summed E-state index contributed by atoms with van der Waals surface area (Å²) in [5.41, 5.74) is 0.909. The number of amides is 1. The molecular formula is C20H20ClNO5S. The molecular weight excluding hydrogens is 402 g/mol. The summed E-state index contributed by atoms with van der Waals surface area (Å²) < 4.78 is 5.39. The molecule has 2 rings (SSSR count). The molecule has 6 nitrogen and oxygen atoms in total. The second kappa shape index (κ2) is 10.7. The van der Waals surface area contributed by atoms with Crippen molar-refractivity contribution < 1.29 is 23.9 Å². The number of halogens is 1. The van der Waals surface area contributed by atoms with Crippen LogP contribution in [-0.4, -0.2) is 36.1 Å². The van der Waals surface area contributed by atoms with Crippen molar-refractivity contribution in [2.24, 2.45) is 0 Å². The average molecular weight is 422 g/mol. The molecule has 0 saturated carbocycles. The van der Waals surface area contributed by atoms with Gasteiger partial charge in [-0.2, -0.15) is 0 Å². The van der Waals surface area contributed by atoms with Gasteiger partial charge in [0, 0.05) is 6.42 Å².